The van der Waals surface area contributed by atoms with Crippen molar-refractivity contribution < 1.29 is 0 Å². The van der Waals surface area contributed by atoms with Gasteiger partial charge in [0.25, 0.3) is 0 Å². The van der Waals surface area contributed by atoms with Crippen LogP contribution in [0, 0.1) is 20.8 Å². The van der Waals surface area contributed by atoms with Crippen LogP contribution in [0.2, 0.25) is 5.15 Å². The molecule has 3 nitrogen and oxygen atoms in total. The van der Waals surface area contributed by atoms with Gasteiger partial charge in [-0.1, -0.05) is 11.6 Å². The first-order valence-electron chi connectivity index (χ1n) is 5.29. The number of rotatable bonds is 2. The van der Waals surface area contributed by atoms with Gasteiger partial charge in [-0.15, -0.1) is 0 Å². The van der Waals surface area contributed by atoms with Crippen LogP contribution in [0.5, 0.6) is 0 Å². The molecule has 2 rings (SSSR count). The lowest BCUT2D eigenvalue weighted by molar-refractivity contribution is 0.687. The topological polar surface area (TPSA) is 22.8 Å². The molecule has 0 saturated carbocycles. The Bertz CT molecular complexity index is 523. The first kappa shape index (κ1) is 11.3. The summed E-state index contributed by atoms with van der Waals surface area (Å²) in [6.45, 7) is 7.17. The van der Waals surface area contributed by atoms with Crippen molar-refractivity contribution >= 4 is 11.6 Å². The molecule has 0 aliphatic heterocycles. The summed E-state index contributed by atoms with van der Waals surface area (Å²) in [5.41, 5.74) is 3.95. The van der Waals surface area contributed by atoms with Gasteiger partial charge < -0.3 is 9.13 Å². The zero-order valence-electron chi connectivity index (χ0n) is 10.1. The predicted molar refractivity (Wildman–Crippen MR) is 66.0 cm³/mol. The van der Waals surface area contributed by atoms with Gasteiger partial charge in [0.1, 0.15) is 11.0 Å². The third kappa shape index (κ3) is 1.76. The average Bonchev–Trinajstić information content (AvgIpc) is 2.68. The second-order valence-electron chi connectivity index (χ2n) is 4.21. The summed E-state index contributed by atoms with van der Waals surface area (Å²) in [5.74, 6) is 0.975. The summed E-state index contributed by atoms with van der Waals surface area (Å²) in [6, 6.07) is 0. The summed E-state index contributed by atoms with van der Waals surface area (Å²) in [4.78, 5) is 4.30. The van der Waals surface area contributed by atoms with Gasteiger partial charge in [-0.3, -0.25) is 0 Å². The number of halogens is 1. The smallest absolute Gasteiger partial charge is 0.129 e. The number of hydrogen-bond acceptors (Lipinski definition) is 1. The van der Waals surface area contributed by atoms with Crippen molar-refractivity contribution in [3.8, 4) is 0 Å². The highest BCUT2D eigenvalue weighted by atomic mass is 35.5. The molecule has 0 aromatic carbocycles. The standard InChI is InChI=1S/C12H16ClN3/c1-8-6-16(10(3)9(8)2)7-12-14-5-11(13)15(12)4/h5-6H,7H2,1-4H3. The van der Waals surface area contributed by atoms with Crippen LogP contribution in [-0.4, -0.2) is 14.1 Å². The Morgan fingerprint density at radius 2 is 2.00 bits per heavy atom. The summed E-state index contributed by atoms with van der Waals surface area (Å²) < 4.78 is 4.12. The van der Waals surface area contributed by atoms with Crippen LogP contribution < -0.4 is 0 Å². The van der Waals surface area contributed by atoms with E-state index in [0.717, 1.165) is 12.4 Å². The average molecular weight is 238 g/mol. The molecule has 86 valence electrons. The molecule has 0 radical (unpaired) electrons. The van der Waals surface area contributed by atoms with Gasteiger partial charge in [-0.05, 0) is 31.9 Å². The van der Waals surface area contributed by atoms with Crippen LogP contribution >= 0.6 is 11.6 Å². The quantitative estimate of drug-likeness (QED) is 0.788. The molecule has 2 aromatic rings. The number of aryl methyl sites for hydroxylation is 1. The van der Waals surface area contributed by atoms with Gasteiger partial charge in [0, 0.05) is 18.9 Å². The fraction of sp³-hybridized carbons (Fsp3) is 0.417. The largest absolute Gasteiger partial charge is 0.344 e. The lowest BCUT2D eigenvalue weighted by atomic mass is 10.2. The van der Waals surface area contributed by atoms with Gasteiger partial charge in [0.05, 0.1) is 12.7 Å². The number of imidazole rings is 1. The first-order chi connectivity index (χ1) is 7.50. The zero-order valence-corrected chi connectivity index (χ0v) is 10.8. The van der Waals surface area contributed by atoms with Crippen molar-refractivity contribution in [3.63, 3.8) is 0 Å². The Morgan fingerprint density at radius 3 is 2.44 bits per heavy atom. The third-order valence-corrected chi connectivity index (χ3v) is 3.61. The molecule has 0 atom stereocenters. The van der Waals surface area contributed by atoms with Crippen molar-refractivity contribution in [2.24, 2.45) is 7.05 Å². The van der Waals surface area contributed by atoms with E-state index in [2.05, 4.69) is 36.5 Å². The summed E-state index contributed by atoms with van der Waals surface area (Å²) in [5, 5.41) is 0.674. The third-order valence-electron chi connectivity index (χ3n) is 3.25. The highest BCUT2D eigenvalue weighted by molar-refractivity contribution is 6.29. The van der Waals surface area contributed by atoms with Crippen LogP contribution in [0.15, 0.2) is 12.4 Å². The van der Waals surface area contributed by atoms with Gasteiger partial charge in [0.2, 0.25) is 0 Å². The lowest BCUT2D eigenvalue weighted by Gasteiger charge is -2.07. The maximum atomic E-state index is 5.96. The molecule has 0 N–H and O–H groups in total. The molecular formula is C12H16ClN3. The molecule has 16 heavy (non-hydrogen) atoms. The highest BCUT2D eigenvalue weighted by Gasteiger charge is 2.09. The molecule has 0 aliphatic rings. The molecule has 2 heterocycles. The SMILES string of the molecule is Cc1cn(Cc2ncc(Cl)n2C)c(C)c1C. The molecule has 0 aliphatic carbocycles. The van der Waals surface area contributed by atoms with E-state index in [9.17, 15) is 0 Å². The van der Waals surface area contributed by atoms with E-state index in [1.165, 1.54) is 16.8 Å². The van der Waals surface area contributed by atoms with E-state index in [1.807, 2.05) is 11.6 Å². The van der Waals surface area contributed by atoms with Crippen molar-refractivity contribution in [2.75, 3.05) is 0 Å². The molecule has 0 saturated heterocycles. The monoisotopic (exact) mass is 237 g/mol. The minimum Gasteiger partial charge on any atom is -0.344 e. The van der Waals surface area contributed by atoms with Crippen LogP contribution in [0.25, 0.3) is 0 Å². The van der Waals surface area contributed by atoms with Gasteiger partial charge in [-0.25, -0.2) is 4.98 Å². The fourth-order valence-corrected chi connectivity index (χ4v) is 1.96. The number of aromatic nitrogens is 3. The minimum atomic E-state index is 0.674. The van der Waals surface area contributed by atoms with Crippen molar-refractivity contribution in [1.29, 1.82) is 0 Å². The Hall–Kier alpha value is -1.22. The molecule has 0 amide bonds. The molecule has 0 spiro atoms. The maximum Gasteiger partial charge on any atom is 0.129 e. The summed E-state index contributed by atoms with van der Waals surface area (Å²) >= 11 is 5.96. The van der Waals surface area contributed by atoms with Crippen molar-refractivity contribution in [2.45, 2.75) is 27.3 Å². The summed E-state index contributed by atoms with van der Waals surface area (Å²) in [6.07, 6.45) is 3.85. The molecule has 0 unspecified atom stereocenters. The van der Waals surface area contributed by atoms with Crippen LogP contribution in [0.1, 0.15) is 22.6 Å². The van der Waals surface area contributed by atoms with Crippen LogP contribution in [0.4, 0.5) is 0 Å². The van der Waals surface area contributed by atoms with Crippen molar-refractivity contribution in [3.05, 3.63) is 40.2 Å². The minimum absolute atomic E-state index is 0.674. The van der Waals surface area contributed by atoms with Crippen LogP contribution in [0.3, 0.4) is 0 Å². The fourth-order valence-electron chi connectivity index (χ4n) is 1.82. The van der Waals surface area contributed by atoms with E-state index >= 15 is 0 Å². The molecule has 0 bridgehead atoms. The Balaban J connectivity index is 2.34. The normalized spacial score (nSPS) is 11.1. The number of nitrogens with zero attached hydrogens (tertiary/aromatic N) is 3. The maximum absolute atomic E-state index is 5.96. The van der Waals surface area contributed by atoms with Gasteiger partial charge >= 0.3 is 0 Å². The molecule has 2 aromatic heterocycles. The number of hydrogen-bond donors (Lipinski definition) is 0. The van der Waals surface area contributed by atoms with Gasteiger partial charge in [-0.2, -0.15) is 0 Å². The summed E-state index contributed by atoms with van der Waals surface area (Å²) in [7, 11) is 1.93. The zero-order chi connectivity index (χ0) is 11.9. The Labute approximate surface area is 101 Å². The predicted octanol–water partition coefficient (Wildman–Crippen LogP) is 2.85. The van der Waals surface area contributed by atoms with E-state index < -0.39 is 0 Å². The Kier molecular flexibility index (Phi) is 2.80. The molecular weight excluding hydrogens is 222 g/mol. The van der Waals surface area contributed by atoms with E-state index in [1.54, 1.807) is 6.20 Å². The lowest BCUT2D eigenvalue weighted by Crippen LogP contribution is -2.06. The van der Waals surface area contributed by atoms with Crippen LogP contribution in [-0.2, 0) is 13.6 Å². The van der Waals surface area contributed by atoms with E-state index in [0.29, 0.717) is 5.15 Å². The Morgan fingerprint density at radius 1 is 1.31 bits per heavy atom. The second-order valence-corrected chi connectivity index (χ2v) is 4.59. The molecule has 4 heteroatoms. The molecule has 0 fully saturated rings. The highest BCUT2D eigenvalue weighted by Crippen LogP contribution is 2.17. The first-order valence-corrected chi connectivity index (χ1v) is 5.67. The second kappa shape index (κ2) is 3.98. The van der Waals surface area contributed by atoms with E-state index in [4.69, 9.17) is 11.6 Å². The van der Waals surface area contributed by atoms with Crippen molar-refractivity contribution in [1.82, 2.24) is 14.1 Å². The van der Waals surface area contributed by atoms with E-state index in [-0.39, 0.29) is 0 Å². The van der Waals surface area contributed by atoms with Gasteiger partial charge in [0.15, 0.2) is 0 Å².